The highest BCUT2D eigenvalue weighted by atomic mass is 35.5. The second-order valence-electron chi connectivity index (χ2n) is 5.86. The van der Waals surface area contributed by atoms with Crippen LogP contribution in [0.5, 0.6) is 0 Å². The van der Waals surface area contributed by atoms with Crippen LogP contribution < -0.4 is 0 Å². The first-order chi connectivity index (χ1) is 13.2. The standard InChI is InChI=1S/C19H13Cl2F3N2O2/c1-28-18(27)7-5-16-14-8-12(19(22,23)24)3-6-17(14)26(25-16)10-11-2-4-13(20)9-15(11)21/h2-9H,10H2,1H3. The lowest BCUT2D eigenvalue weighted by Crippen LogP contribution is -2.05. The summed E-state index contributed by atoms with van der Waals surface area (Å²) >= 11 is 12.1. The van der Waals surface area contributed by atoms with Gasteiger partial charge in [-0.25, -0.2) is 4.79 Å². The summed E-state index contributed by atoms with van der Waals surface area (Å²) in [5.74, 6) is -0.643. The van der Waals surface area contributed by atoms with Gasteiger partial charge in [0.1, 0.15) is 0 Å². The third-order valence-corrected chi connectivity index (χ3v) is 4.61. The molecule has 0 saturated carbocycles. The van der Waals surface area contributed by atoms with E-state index in [2.05, 4.69) is 9.84 Å². The van der Waals surface area contributed by atoms with Gasteiger partial charge in [0.2, 0.25) is 0 Å². The Bertz CT molecular complexity index is 1070. The van der Waals surface area contributed by atoms with Crippen molar-refractivity contribution in [1.82, 2.24) is 9.78 Å². The van der Waals surface area contributed by atoms with Crippen LogP contribution in [0.15, 0.2) is 42.5 Å². The van der Waals surface area contributed by atoms with Gasteiger partial charge >= 0.3 is 12.1 Å². The normalized spacial score (nSPS) is 12.1. The van der Waals surface area contributed by atoms with Crippen molar-refractivity contribution in [2.75, 3.05) is 7.11 Å². The summed E-state index contributed by atoms with van der Waals surface area (Å²) in [5.41, 5.74) is 0.552. The third-order valence-electron chi connectivity index (χ3n) is 4.02. The monoisotopic (exact) mass is 428 g/mol. The number of carbonyl (C=O) groups excluding carboxylic acids is 1. The van der Waals surface area contributed by atoms with Crippen LogP contribution in [-0.4, -0.2) is 22.9 Å². The van der Waals surface area contributed by atoms with Gasteiger partial charge in [0, 0.05) is 21.5 Å². The Balaban J connectivity index is 2.12. The van der Waals surface area contributed by atoms with Crippen molar-refractivity contribution in [2.45, 2.75) is 12.7 Å². The third kappa shape index (κ3) is 4.31. The summed E-state index contributed by atoms with van der Waals surface area (Å²) in [6.45, 7) is 0.212. The number of halogens is 5. The van der Waals surface area contributed by atoms with E-state index in [0.717, 1.165) is 18.2 Å². The zero-order valence-corrected chi connectivity index (χ0v) is 15.9. The predicted molar refractivity (Wildman–Crippen MR) is 101 cm³/mol. The molecular weight excluding hydrogens is 416 g/mol. The minimum Gasteiger partial charge on any atom is -0.466 e. The molecule has 0 spiro atoms. The molecule has 28 heavy (non-hydrogen) atoms. The largest absolute Gasteiger partial charge is 0.466 e. The van der Waals surface area contributed by atoms with Gasteiger partial charge in [-0.3, -0.25) is 4.68 Å². The predicted octanol–water partition coefficient (Wildman–Crippen LogP) is 5.60. The molecule has 1 heterocycles. The number of esters is 1. The number of rotatable bonds is 4. The van der Waals surface area contributed by atoms with Crippen LogP contribution in [0.4, 0.5) is 13.2 Å². The Kier molecular flexibility index (Phi) is 5.67. The second kappa shape index (κ2) is 7.85. The van der Waals surface area contributed by atoms with Crippen molar-refractivity contribution >= 4 is 46.2 Å². The van der Waals surface area contributed by atoms with Crippen molar-refractivity contribution < 1.29 is 22.7 Å². The number of hydrogen-bond donors (Lipinski definition) is 0. The highest BCUT2D eigenvalue weighted by Crippen LogP contribution is 2.33. The molecule has 3 rings (SSSR count). The molecule has 0 unspecified atom stereocenters. The van der Waals surface area contributed by atoms with Crippen LogP contribution in [0.25, 0.3) is 17.0 Å². The smallest absolute Gasteiger partial charge is 0.416 e. The van der Waals surface area contributed by atoms with Crippen LogP contribution in [0.2, 0.25) is 10.0 Å². The molecule has 0 saturated heterocycles. The van der Waals surface area contributed by atoms with Gasteiger partial charge in [-0.05, 0) is 42.0 Å². The number of methoxy groups -OCH3 is 1. The summed E-state index contributed by atoms with van der Waals surface area (Å²) < 4.78 is 45.4. The molecule has 3 aromatic rings. The molecule has 146 valence electrons. The number of carbonyl (C=O) groups is 1. The molecule has 1 aromatic heterocycles. The average Bonchev–Trinajstić information content (AvgIpc) is 2.98. The number of hydrogen-bond acceptors (Lipinski definition) is 3. The summed E-state index contributed by atoms with van der Waals surface area (Å²) in [6, 6.07) is 8.27. The van der Waals surface area contributed by atoms with Gasteiger partial charge in [-0.15, -0.1) is 0 Å². The van der Waals surface area contributed by atoms with Gasteiger partial charge in [-0.1, -0.05) is 29.3 Å². The summed E-state index contributed by atoms with van der Waals surface area (Å²) in [4.78, 5) is 11.4. The number of nitrogens with zero attached hydrogens (tertiary/aromatic N) is 2. The Labute approximate surface area is 168 Å². The average molecular weight is 429 g/mol. The van der Waals surface area contributed by atoms with E-state index in [1.165, 1.54) is 23.9 Å². The lowest BCUT2D eigenvalue weighted by Gasteiger charge is -2.08. The van der Waals surface area contributed by atoms with Crippen molar-refractivity contribution in [3.63, 3.8) is 0 Å². The van der Waals surface area contributed by atoms with Gasteiger partial charge in [-0.2, -0.15) is 18.3 Å². The first-order valence-corrected chi connectivity index (χ1v) is 8.72. The molecule has 9 heteroatoms. The van der Waals surface area contributed by atoms with Crippen LogP contribution in [0, 0.1) is 0 Å². The maximum absolute atomic E-state index is 13.1. The summed E-state index contributed by atoms with van der Waals surface area (Å²) in [6.07, 6.45) is -2.09. The fourth-order valence-electron chi connectivity index (χ4n) is 2.65. The maximum atomic E-state index is 13.1. The van der Waals surface area contributed by atoms with Crippen molar-refractivity contribution in [3.05, 3.63) is 69.3 Å². The first-order valence-electron chi connectivity index (χ1n) is 7.97. The van der Waals surface area contributed by atoms with Crippen molar-refractivity contribution in [2.24, 2.45) is 0 Å². The second-order valence-corrected chi connectivity index (χ2v) is 6.71. The minimum atomic E-state index is -4.50. The van der Waals surface area contributed by atoms with Crippen LogP contribution in [0.1, 0.15) is 16.8 Å². The number of benzene rings is 2. The molecule has 0 atom stereocenters. The van der Waals surface area contributed by atoms with Gasteiger partial charge in [0.25, 0.3) is 0 Å². The van der Waals surface area contributed by atoms with E-state index in [-0.39, 0.29) is 17.6 Å². The Morgan fingerprint density at radius 2 is 1.96 bits per heavy atom. The van der Waals surface area contributed by atoms with Crippen LogP contribution in [0.3, 0.4) is 0 Å². The molecule has 0 aliphatic heterocycles. The fraction of sp³-hybridized carbons (Fsp3) is 0.158. The Hall–Kier alpha value is -2.51. The highest BCUT2D eigenvalue weighted by Gasteiger charge is 2.31. The lowest BCUT2D eigenvalue weighted by molar-refractivity contribution is -0.137. The van der Waals surface area contributed by atoms with E-state index in [0.29, 0.717) is 21.1 Å². The minimum absolute atomic E-state index is 0.205. The highest BCUT2D eigenvalue weighted by molar-refractivity contribution is 6.35. The molecule has 0 amide bonds. The summed E-state index contributed by atoms with van der Waals surface area (Å²) in [5, 5.41) is 5.47. The van der Waals surface area contributed by atoms with E-state index >= 15 is 0 Å². The van der Waals surface area contributed by atoms with Crippen LogP contribution in [-0.2, 0) is 22.3 Å². The molecule has 0 aliphatic rings. The molecule has 0 bridgehead atoms. The molecule has 4 nitrogen and oxygen atoms in total. The Morgan fingerprint density at radius 3 is 2.61 bits per heavy atom. The van der Waals surface area contributed by atoms with Gasteiger partial charge < -0.3 is 4.74 Å². The lowest BCUT2D eigenvalue weighted by atomic mass is 10.1. The van der Waals surface area contributed by atoms with E-state index in [4.69, 9.17) is 23.2 Å². The molecule has 0 fully saturated rings. The number of alkyl halides is 3. The van der Waals surface area contributed by atoms with E-state index in [1.54, 1.807) is 18.2 Å². The van der Waals surface area contributed by atoms with E-state index in [1.807, 2.05) is 0 Å². The topological polar surface area (TPSA) is 44.1 Å². The van der Waals surface area contributed by atoms with Crippen LogP contribution >= 0.6 is 23.2 Å². The quantitative estimate of drug-likeness (QED) is 0.401. The first kappa shape index (κ1) is 20.2. The molecule has 0 radical (unpaired) electrons. The zero-order valence-electron chi connectivity index (χ0n) is 14.4. The molecular formula is C19H13Cl2F3N2O2. The van der Waals surface area contributed by atoms with Crippen molar-refractivity contribution in [1.29, 1.82) is 0 Å². The molecule has 0 aliphatic carbocycles. The van der Waals surface area contributed by atoms with Gasteiger partial charge in [0.15, 0.2) is 0 Å². The number of fused-ring (bicyclic) bond motifs is 1. The zero-order chi connectivity index (χ0) is 20.5. The van der Waals surface area contributed by atoms with E-state index < -0.39 is 17.7 Å². The van der Waals surface area contributed by atoms with Crippen molar-refractivity contribution in [3.8, 4) is 0 Å². The number of aromatic nitrogens is 2. The molecule has 2 aromatic carbocycles. The van der Waals surface area contributed by atoms with Gasteiger partial charge in [0.05, 0.1) is 30.4 Å². The fourth-order valence-corrected chi connectivity index (χ4v) is 3.12. The summed E-state index contributed by atoms with van der Waals surface area (Å²) in [7, 11) is 1.20. The maximum Gasteiger partial charge on any atom is 0.416 e. The number of ether oxygens (including phenoxy) is 1. The Morgan fingerprint density at radius 1 is 1.21 bits per heavy atom. The SMILES string of the molecule is COC(=O)C=Cc1nn(Cc2ccc(Cl)cc2Cl)c2ccc(C(F)(F)F)cc12. The molecule has 0 N–H and O–H groups in total. The van der Waals surface area contributed by atoms with E-state index in [9.17, 15) is 18.0 Å².